The van der Waals surface area contributed by atoms with Crippen molar-refractivity contribution in [2.75, 3.05) is 5.88 Å². The van der Waals surface area contributed by atoms with Gasteiger partial charge in [0, 0.05) is 18.3 Å². The minimum absolute atomic E-state index is 0.607. The Bertz CT molecular complexity index is 426. The summed E-state index contributed by atoms with van der Waals surface area (Å²) in [5.74, 6) is 0.607. The molecule has 2 aromatic rings. The zero-order valence-electron chi connectivity index (χ0n) is 6.74. The van der Waals surface area contributed by atoms with Crippen molar-refractivity contribution < 1.29 is 0 Å². The number of aryl methyl sites for hydroxylation is 1. The Balaban J connectivity index is 2.50. The fourth-order valence-electron chi connectivity index (χ4n) is 1.12. The van der Waals surface area contributed by atoms with Crippen LogP contribution in [0.1, 0.15) is 5.56 Å². The van der Waals surface area contributed by atoms with E-state index in [1.54, 1.807) is 10.7 Å². The summed E-state index contributed by atoms with van der Waals surface area (Å²) < 4.78 is 2.65. The van der Waals surface area contributed by atoms with Crippen LogP contribution in [0.4, 0.5) is 0 Å². The molecule has 2 aromatic heterocycles. The maximum atomic E-state index is 5.63. The lowest BCUT2D eigenvalue weighted by Crippen LogP contribution is -1.95. The van der Waals surface area contributed by atoms with Gasteiger partial charge in [-0.05, 0) is 27.9 Å². The highest BCUT2D eigenvalue weighted by Gasteiger charge is 2.02. The molecule has 0 aliphatic rings. The molecule has 13 heavy (non-hydrogen) atoms. The highest BCUT2D eigenvalue weighted by molar-refractivity contribution is 9.10. The molecule has 0 radical (unpaired) electrons. The van der Waals surface area contributed by atoms with Gasteiger partial charge in [-0.1, -0.05) is 0 Å². The normalized spacial score (nSPS) is 10.9. The molecule has 0 aliphatic heterocycles. The van der Waals surface area contributed by atoms with E-state index in [4.69, 9.17) is 11.6 Å². The Labute approximate surface area is 88.9 Å². The van der Waals surface area contributed by atoms with Crippen molar-refractivity contribution in [3.63, 3.8) is 0 Å². The molecule has 0 aromatic carbocycles. The first-order chi connectivity index (χ1) is 6.31. The van der Waals surface area contributed by atoms with Gasteiger partial charge in [-0.2, -0.15) is 5.10 Å². The molecular weight excluding hydrogens is 253 g/mol. The smallest absolute Gasteiger partial charge is 0.169 e. The number of rotatable bonds is 2. The fourth-order valence-corrected chi connectivity index (χ4v) is 1.72. The fraction of sp³-hybridized carbons (Fsp3) is 0.250. The second-order valence-corrected chi connectivity index (χ2v) is 3.89. The van der Waals surface area contributed by atoms with E-state index in [-0.39, 0.29) is 0 Å². The number of fused-ring (bicyclic) bond motifs is 1. The monoisotopic (exact) mass is 259 g/mol. The molecule has 2 heterocycles. The first-order valence-corrected chi connectivity index (χ1v) is 5.18. The molecule has 0 atom stereocenters. The molecule has 0 unspecified atom stereocenters. The van der Waals surface area contributed by atoms with E-state index in [2.05, 4.69) is 26.0 Å². The molecule has 0 aliphatic carbocycles. The van der Waals surface area contributed by atoms with E-state index in [1.807, 2.05) is 12.4 Å². The van der Waals surface area contributed by atoms with Gasteiger partial charge in [-0.15, -0.1) is 11.6 Å². The van der Waals surface area contributed by atoms with Gasteiger partial charge in [0.1, 0.15) is 0 Å². The molecule has 0 N–H and O–H groups in total. The largest absolute Gasteiger partial charge is 0.236 e. The Morgan fingerprint density at radius 2 is 2.31 bits per heavy atom. The Morgan fingerprint density at radius 1 is 1.46 bits per heavy atom. The quantitative estimate of drug-likeness (QED) is 0.776. The van der Waals surface area contributed by atoms with Gasteiger partial charge in [0.15, 0.2) is 5.65 Å². The lowest BCUT2D eigenvalue weighted by atomic mass is 10.3. The van der Waals surface area contributed by atoms with E-state index < -0.39 is 0 Å². The van der Waals surface area contributed by atoms with Crippen molar-refractivity contribution in [2.45, 2.75) is 6.42 Å². The van der Waals surface area contributed by atoms with Crippen molar-refractivity contribution in [3.8, 4) is 0 Å². The van der Waals surface area contributed by atoms with Crippen LogP contribution in [0.5, 0.6) is 0 Å². The van der Waals surface area contributed by atoms with Crippen LogP contribution in [0.25, 0.3) is 5.65 Å². The van der Waals surface area contributed by atoms with Crippen LogP contribution in [0.3, 0.4) is 0 Å². The van der Waals surface area contributed by atoms with Crippen molar-refractivity contribution >= 4 is 33.2 Å². The van der Waals surface area contributed by atoms with Crippen molar-refractivity contribution in [2.24, 2.45) is 0 Å². The van der Waals surface area contributed by atoms with Gasteiger partial charge in [0.05, 0.1) is 10.7 Å². The minimum atomic E-state index is 0.607. The first kappa shape index (κ1) is 8.97. The van der Waals surface area contributed by atoms with Crippen molar-refractivity contribution in [1.29, 1.82) is 0 Å². The van der Waals surface area contributed by atoms with Crippen LogP contribution in [-0.2, 0) is 6.42 Å². The summed E-state index contributed by atoms with van der Waals surface area (Å²) in [5.41, 5.74) is 1.93. The molecule has 0 saturated heterocycles. The Morgan fingerprint density at radius 3 is 3.08 bits per heavy atom. The standard InChI is InChI=1S/C8H7BrClN3/c9-7-4-12-13-5-6(1-2-10)3-11-8(7)13/h3-5H,1-2H2. The van der Waals surface area contributed by atoms with Crippen LogP contribution in [0.2, 0.25) is 0 Å². The molecule has 2 rings (SSSR count). The summed E-state index contributed by atoms with van der Waals surface area (Å²) in [4.78, 5) is 4.25. The van der Waals surface area contributed by atoms with E-state index in [1.165, 1.54) is 0 Å². The van der Waals surface area contributed by atoms with E-state index >= 15 is 0 Å². The summed E-state index contributed by atoms with van der Waals surface area (Å²) in [5, 5.41) is 4.13. The predicted molar refractivity (Wildman–Crippen MR) is 55.1 cm³/mol. The molecule has 0 spiro atoms. The topological polar surface area (TPSA) is 30.2 Å². The van der Waals surface area contributed by atoms with Crippen molar-refractivity contribution in [3.05, 3.63) is 28.6 Å². The van der Waals surface area contributed by atoms with Crippen LogP contribution in [0, 0.1) is 0 Å². The number of alkyl halides is 1. The summed E-state index contributed by atoms with van der Waals surface area (Å²) in [6, 6.07) is 0. The van der Waals surface area contributed by atoms with Crippen molar-refractivity contribution in [1.82, 2.24) is 14.6 Å². The van der Waals surface area contributed by atoms with E-state index in [0.717, 1.165) is 22.1 Å². The second-order valence-electron chi connectivity index (χ2n) is 2.66. The number of nitrogens with zero attached hydrogens (tertiary/aromatic N) is 3. The summed E-state index contributed by atoms with van der Waals surface area (Å²) in [6.07, 6.45) is 6.31. The zero-order valence-corrected chi connectivity index (χ0v) is 9.09. The average Bonchev–Trinajstić information content (AvgIpc) is 2.48. The van der Waals surface area contributed by atoms with Gasteiger partial charge in [0.2, 0.25) is 0 Å². The van der Waals surface area contributed by atoms with Gasteiger partial charge < -0.3 is 0 Å². The third-order valence-electron chi connectivity index (χ3n) is 1.75. The summed E-state index contributed by atoms with van der Waals surface area (Å²) >= 11 is 8.98. The number of hydrogen-bond acceptors (Lipinski definition) is 2. The third-order valence-corrected chi connectivity index (χ3v) is 2.50. The molecule has 5 heteroatoms. The SMILES string of the molecule is ClCCc1cnc2c(Br)cnn2c1. The molecular formula is C8H7BrClN3. The lowest BCUT2D eigenvalue weighted by molar-refractivity contribution is 0.911. The highest BCUT2D eigenvalue weighted by atomic mass is 79.9. The molecule has 0 saturated carbocycles. The summed E-state index contributed by atoms with van der Waals surface area (Å²) in [6.45, 7) is 0. The van der Waals surface area contributed by atoms with Crippen LogP contribution >= 0.6 is 27.5 Å². The van der Waals surface area contributed by atoms with Gasteiger partial charge in [-0.3, -0.25) is 0 Å². The molecule has 0 fully saturated rings. The number of halogens is 2. The molecule has 0 bridgehead atoms. The third kappa shape index (κ3) is 1.69. The Hall–Kier alpha value is -0.610. The minimum Gasteiger partial charge on any atom is -0.236 e. The molecule has 3 nitrogen and oxygen atoms in total. The number of aromatic nitrogens is 3. The first-order valence-electron chi connectivity index (χ1n) is 3.85. The van der Waals surface area contributed by atoms with E-state index in [9.17, 15) is 0 Å². The van der Waals surface area contributed by atoms with E-state index in [0.29, 0.717) is 5.88 Å². The molecule has 0 amide bonds. The average molecular weight is 261 g/mol. The zero-order chi connectivity index (χ0) is 9.26. The molecule has 68 valence electrons. The highest BCUT2D eigenvalue weighted by Crippen LogP contribution is 2.15. The van der Waals surface area contributed by atoms with Gasteiger partial charge in [-0.25, -0.2) is 9.50 Å². The predicted octanol–water partition coefficient (Wildman–Crippen LogP) is 2.27. The second kappa shape index (κ2) is 3.64. The van der Waals surface area contributed by atoms with Gasteiger partial charge in [0.25, 0.3) is 0 Å². The Kier molecular flexibility index (Phi) is 2.51. The number of hydrogen-bond donors (Lipinski definition) is 0. The van der Waals surface area contributed by atoms with Crippen LogP contribution in [0.15, 0.2) is 23.1 Å². The maximum absolute atomic E-state index is 5.63. The van der Waals surface area contributed by atoms with Gasteiger partial charge >= 0.3 is 0 Å². The lowest BCUT2D eigenvalue weighted by Gasteiger charge is -1.97. The van der Waals surface area contributed by atoms with Crippen LogP contribution in [-0.4, -0.2) is 20.5 Å². The summed E-state index contributed by atoms with van der Waals surface area (Å²) in [7, 11) is 0. The maximum Gasteiger partial charge on any atom is 0.169 e. The van der Waals surface area contributed by atoms with Crippen LogP contribution < -0.4 is 0 Å².